The third-order valence-electron chi connectivity index (χ3n) is 5.28. The molecule has 1 aromatic heterocycles. The van der Waals surface area contributed by atoms with Crippen molar-refractivity contribution in [1.29, 1.82) is 0 Å². The number of aryl methyl sites for hydroxylation is 1. The molecule has 1 aliphatic heterocycles. The highest BCUT2D eigenvalue weighted by Crippen LogP contribution is 2.28. The number of nitrogens with zero attached hydrogens (tertiary/aromatic N) is 5. The van der Waals surface area contributed by atoms with Crippen molar-refractivity contribution in [3.8, 4) is 0 Å². The maximum Gasteiger partial charge on any atom is 0.246 e. The van der Waals surface area contributed by atoms with Crippen molar-refractivity contribution in [2.45, 2.75) is 38.5 Å². The van der Waals surface area contributed by atoms with Gasteiger partial charge in [-0.25, -0.2) is 0 Å². The highest BCUT2D eigenvalue weighted by atomic mass is 127. The zero-order valence-electron chi connectivity index (χ0n) is 15.9. The van der Waals surface area contributed by atoms with Crippen LogP contribution in [-0.2, 0) is 11.8 Å². The summed E-state index contributed by atoms with van der Waals surface area (Å²) in [5, 5.41) is 7.58. The number of rotatable bonds is 5. The molecule has 2 fully saturated rings. The van der Waals surface area contributed by atoms with E-state index in [0.717, 1.165) is 30.7 Å². The molecule has 7 nitrogen and oxygen atoms in total. The fraction of sp³-hybridized carbons (Fsp3) is 0.722. The third-order valence-corrected chi connectivity index (χ3v) is 5.28. The highest BCUT2D eigenvalue weighted by molar-refractivity contribution is 14.0. The average Bonchev–Trinajstić information content (AvgIpc) is 3.26. The Balaban J connectivity index is 0.00000243. The molecule has 1 amide bonds. The summed E-state index contributed by atoms with van der Waals surface area (Å²) in [6.07, 6.45) is 11.7. The predicted molar refractivity (Wildman–Crippen MR) is 115 cm³/mol. The molecule has 0 radical (unpaired) electrons. The van der Waals surface area contributed by atoms with Crippen LogP contribution in [0.1, 0.15) is 38.5 Å². The van der Waals surface area contributed by atoms with E-state index in [2.05, 4.69) is 15.4 Å². The summed E-state index contributed by atoms with van der Waals surface area (Å²) >= 11 is 0. The van der Waals surface area contributed by atoms with E-state index in [1.807, 2.05) is 18.1 Å². The lowest BCUT2D eigenvalue weighted by molar-refractivity contribution is -0.120. The Hall–Kier alpha value is -1.32. The van der Waals surface area contributed by atoms with Crippen molar-refractivity contribution in [2.75, 3.05) is 38.1 Å². The largest absolute Gasteiger partial charge is 0.356 e. The van der Waals surface area contributed by atoms with Crippen LogP contribution in [0.4, 0.5) is 5.69 Å². The van der Waals surface area contributed by atoms with E-state index in [4.69, 9.17) is 0 Å². The van der Waals surface area contributed by atoms with Gasteiger partial charge in [-0.1, -0.05) is 25.7 Å². The average molecular weight is 474 g/mol. The molecule has 0 unspecified atom stereocenters. The van der Waals surface area contributed by atoms with Gasteiger partial charge in [-0.3, -0.25) is 14.5 Å². The number of hydrogen-bond acceptors (Lipinski definition) is 3. The minimum atomic E-state index is 0. The number of anilines is 1. The number of carbonyl (C=O) groups excluding carboxylic acids is 1. The van der Waals surface area contributed by atoms with Crippen LogP contribution >= 0.6 is 24.0 Å². The lowest BCUT2D eigenvalue weighted by Gasteiger charge is -2.35. The minimum Gasteiger partial charge on any atom is -0.356 e. The number of halogens is 1. The molecular weight excluding hydrogens is 443 g/mol. The van der Waals surface area contributed by atoms with E-state index >= 15 is 0 Å². The SMILES string of the molecule is CN=C(NCCCC1CCCC1)N1CCN(c2cnn(C)c2)C(=O)C1.I. The molecule has 3 rings (SSSR count). The second kappa shape index (κ2) is 10.1. The first-order valence-corrected chi connectivity index (χ1v) is 9.42. The first-order chi connectivity index (χ1) is 12.2. The summed E-state index contributed by atoms with van der Waals surface area (Å²) in [6.45, 7) is 2.73. The second-order valence-electron chi connectivity index (χ2n) is 7.11. The predicted octanol–water partition coefficient (Wildman–Crippen LogP) is 2.23. The zero-order valence-corrected chi connectivity index (χ0v) is 18.2. The molecule has 1 saturated heterocycles. The van der Waals surface area contributed by atoms with Crippen LogP contribution in [0.25, 0.3) is 0 Å². The molecule has 26 heavy (non-hydrogen) atoms. The fourth-order valence-electron chi connectivity index (χ4n) is 3.90. The van der Waals surface area contributed by atoms with E-state index in [9.17, 15) is 4.79 Å². The van der Waals surface area contributed by atoms with E-state index < -0.39 is 0 Å². The van der Waals surface area contributed by atoms with Gasteiger partial charge in [-0.05, 0) is 18.8 Å². The molecule has 0 bridgehead atoms. The van der Waals surface area contributed by atoms with Crippen LogP contribution in [0.5, 0.6) is 0 Å². The molecule has 2 heterocycles. The smallest absolute Gasteiger partial charge is 0.246 e. The summed E-state index contributed by atoms with van der Waals surface area (Å²) in [4.78, 5) is 20.7. The van der Waals surface area contributed by atoms with E-state index in [1.54, 1.807) is 22.8 Å². The topological polar surface area (TPSA) is 65.8 Å². The Morgan fingerprint density at radius 3 is 2.73 bits per heavy atom. The minimum absolute atomic E-state index is 0. The van der Waals surface area contributed by atoms with E-state index in [-0.39, 0.29) is 29.9 Å². The van der Waals surface area contributed by atoms with Gasteiger partial charge in [-0.2, -0.15) is 5.10 Å². The van der Waals surface area contributed by atoms with Crippen molar-refractivity contribution in [1.82, 2.24) is 20.0 Å². The number of aromatic nitrogens is 2. The monoisotopic (exact) mass is 474 g/mol. The maximum atomic E-state index is 12.5. The van der Waals surface area contributed by atoms with Crippen LogP contribution in [-0.4, -0.2) is 59.8 Å². The van der Waals surface area contributed by atoms with Gasteiger partial charge in [0.1, 0.15) is 6.54 Å². The van der Waals surface area contributed by atoms with Gasteiger partial charge < -0.3 is 15.1 Å². The summed E-state index contributed by atoms with van der Waals surface area (Å²) in [7, 11) is 3.65. The van der Waals surface area contributed by atoms with Crippen molar-refractivity contribution in [3.05, 3.63) is 12.4 Å². The van der Waals surface area contributed by atoms with Crippen molar-refractivity contribution in [2.24, 2.45) is 18.0 Å². The number of amides is 1. The lowest BCUT2D eigenvalue weighted by Crippen LogP contribution is -2.55. The van der Waals surface area contributed by atoms with Gasteiger partial charge >= 0.3 is 0 Å². The molecule has 0 atom stereocenters. The van der Waals surface area contributed by atoms with Crippen LogP contribution in [0.3, 0.4) is 0 Å². The van der Waals surface area contributed by atoms with Crippen molar-refractivity contribution in [3.63, 3.8) is 0 Å². The molecule has 0 spiro atoms. The second-order valence-corrected chi connectivity index (χ2v) is 7.11. The summed E-state index contributed by atoms with van der Waals surface area (Å²) in [5.41, 5.74) is 0.867. The Kier molecular flexibility index (Phi) is 8.17. The van der Waals surface area contributed by atoms with Crippen molar-refractivity contribution < 1.29 is 4.79 Å². The fourth-order valence-corrected chi connectivity index (χ4v) is 3.90. The molecule has 1 aliphatic carbocycles. The quantitative estimate of drug-likeness (QED) is 0.308. The number of hydrogen-bond donors (Lipinski definition) is 1. The molecule has 8 heteroatoms. The molecule has 1 saturated carbocycles. The van der Waals surface area contributed by atoms with Crippen LogP contribution < -0.4 is 10.2 Å². The molecule has 0 aromatic carbocycles. The van der Waals surface area contributed by atoms with Gasteiger partial charge in [0, 0.05) is 39.9 Å². The molecule has 146 valence electrons. The summed E-state index contributed by atoms with van der Waals surface area (Å²) in [6, 6.07) is 0. The van der Waals surface area contributed by atoms with E-state index in [0.29, 0.717) is 13.1 Å². The summed E-state index contributed by atoms with van der Waals surface area (Å²) in [5.74, 6) is 1.85. The van der Waals surface area contributed by atoms with Crippen LogP contribution in [0, 0.1) is 5.92 Å². The Morgan fingerprint density at radius 2 is 2.12 bits per heavy atom. The highest BCUT2D eigenvalue weighted by Gasteiger charge is 2.27. The number of nitrogens with one attached hydrogen (secondary N) is 1. The van der Waals surface area contributed by atoms with Gasteiger partial charge in [0.05, 0.1) is 11.9 Å². The third kappa shape index (κ3) is 5.34. The standard InChI is InChI=1S/C18H30N6O.HI/c1-19-18(20-9-5-8-15-6-3-4-7-15)23-10-11-24(17(25)14-23)16-12-21-22(2)13-16;/h12-13,15H,3-11,14H2,1-2H3,(H,19,20);1H. The van der Waals surface area contributed by atoms with Crippen molar-refractivity contribution >= 4 is 41.5 Å². The number of carbonyl (C=O) groups is 1. The number of aliphatic imine (C=N–C) groups is 1. The first-order valence-electron chi connectivity index (χ1n) is 9.42. The van der Waals surface area contributed by atoms with Gasteiger partial charge in [0.15, 0.2) is 5.96 Å². The lowest BCUT2D eigenvalue weighted by atomic mass is 10.0. The Bertz CT molecular complexity index is 611. The molecule has 2 aliphatic rings. The Morgan fingerprint density at radius 1 is 1.35 bits per heavy atom. The normalized spacial score (nSPS) is 19.0. The molecule has 1 aromatic rings. The number of guanidine groups is 1. The number of piperazine rings is 1. The van der Waals surface area contributed by atoms with E-state index in [1.165, 1.54) is 38.5 Å². The van der Waals surface area contributed by atoms with Gasteiger partial charge in [0.25, 0.3) is 0 Å². The maximum absolute atomic E-state index is 12.5. The first kappa shape index (κ1) is 21.0. The van der Waals surface area contributed by atoms with Gasteiger partial charge in [0.2, 0.25) is 5.91 Å². The molecular formula is C18H31IN6O. The summed E-state index contributed by atoms with van der Waals surface area (Å²) < 4.78 is 1.72. The zero-order chi connectivity index (χ0) is 17.6. The van der Waals surface area contributed by atoms with Gasteiger partial charge in [-0.15, -0.1) is 24.0 Å². The van der Waals surface area contributed by atoms with Crippen LogP contribution in [0.2, 0.25) is 0 Å². The Labute approximate surface area is 173 Å². The van der Waals surface area contributed by atoms with Crippen LogP contribution in [0.15, 0.2) is 17.4 Å². The molecule has 1 N–H and O–H groups in total.